The van der Waals surface area contributed by atoms with Gasteiger partial charge in [0.15, 0.2) is 0 Å². The standard InChI is InChI=1S/C23H26BrN3O3S/c1-14-7-9-26(10-8-14)23(30)18-4-3-17(11-15(18)2)27-13-16(12-21(27)28)25-22(29)19-5-6-20(24)31-19/h3-6,11,14,16H,7-10,12-13H2,1-2H3,(H,25,29). The number of aryl methyl sites for hydroxylation is 1. The quantitative estimate of drug-likeness (QED) is 0.678. The number of amides is 3. The summed E-state index contributed by atoms with van der Waals surface area (Å²) >= 11 is 4.73. The van der Waals surface area contributed by atoms with Crippen molar-refractivity contribution in [1.82, 2.24) is 10.2 Å². The van der Waals surface area contributed by atoms with E-state index in [0.717, 1.165) is 41.0 Å². The molecular formula is C23H26BrN3O3S. The number of carbonyl (C=O) groups is 3. The van der Waals surface area contributed by atoms with Crippen LogP contribution in [0.1, 0.15) is 51.8 Å². The molecule has 0 radical (unpaired) electrons. The van der Waals surface area contributed by atoms with Crippen LogP contribution < -0.4 is 10.2 Å². The number of hydrogen-bond donors (Lipinski definition) is 1. The van der Waals surface area contributed by atoms with Crippen molar-refractivity contribution in [2.24, 2.45) is 5.92 Å². The lowest BCUT2D eigenvalue weighted by Crippen LogP contribution is -2.38. The number of thiophene rings is 1. The molecule has 1 N–H and O–H groups in total. The van der Waals surface area contributed by atoms with Gasteiger partial charge in [0, 0.05) is 37.3 Å². The van der Waals surface area contributed by atoms with Crippen molar-refractivity contribution < 1.29 is 14.4 Å². The fraction of sp³-hybridized carbons (Fsp3) is 0.435. The van der Waals surface area contributed by atoms with Crippen LogP contribution in [0.5, 0.6) is 0 Å². The molecule has 0 spiro atoms. The molecule has 1 aromatic carbocycles. The molecule has 3 amide bonds. The molecule has 2 aliphatic rings. The summed E-state index contributed by atoms with van der Waals surface area (Å²) in [5.74, 6) is 0.545. The lowest BCUT2D eigenvalue weighted by molar-refractivity contribution is -0.117. The first-order chi connectivity index (χ1) is 14.8. The molecule has 8 heteroatoms. The van der Waals surface area contributed by atoms with E-state index in [1.165, 1.54) is 11.3 Å². The molecule has 2 aromatic rings. The highest BCUT2D eigenvalue weighted by Crippen LogP contribution is 2.27. The third-order valence-electron chi connectivity index (χ3n) is 6.08. The summed E-state index contributed by atoms with van der Waals surface area (Å²) in [4.78, 5) is 42.2. The zero-order valence-electron chi connectivity index (χ0n) is 17.7. The zero-order chi connectivity index (χ0) is 22.1. The van der Waals surface area contributed by atoms with Crippen LogP contribution in [0.4, 0.5) is 5.69 Å². The number of nitrogens with zero attached hydrogens (tertiary/aromatic N) is 2. The smallest absolute Gasteiger partial charge is 0.261 e. The summed E-state index contributed by atoms with van der Waals surface area (Å²) in [5, 5.41) is 2.96. The Morgan fingerprint density at radius 2 is 1.90 bits per heavy atom. The van der Waals surface area contributed by atoms with E-state index in [9.17, 15) is 14.4 Å². The molecule has 0 bridgehead atoms. The molecule has 4 rings (SSSR count). The first-order valence-corrected chi connectivity index (χ1v) is 12.2. The number of rotatable bonds is 4. The number of nitrogens with one attached hydrogen (secondary N) is 1. The average molecular weight is 504 g/mol. The first-order valence-electron chi connectivity index (χ1n) is 10.6. The molecule has 1 unspecified atom stereocenters. The van der Waals surface area contributed by atoms with Crippen molar-refractivity contribution in [2.45, 2.75) is 39.2 Å². The molecule has 31 heavy (non-hydrogen) atoms. The molecule has 164 valence electrons. The molecule has 1 atom stereocenters. The Labute approximate surface area is 194 Å². The van der Waals surface area contributed by atoms with Gasteiger partial charge in [-0.1, -0.05) is 6.92 Å². The minimum absolute atomic E-state index is 0.0267. The number of carbonyl (C=O) groups excluding carboxylic acids is 3. The number of likely N-dealkylation sites (tertiary alicyclic amines) is 1. The average Bonchev–Trinajstić information content (AvgIpc) is 3.33. The van der Waals surface area contributed by atoms with Gasteiger partial charge in [0.2, 0.25) is 5.91 Å². The van der Waals surface area contributed by atoms with Gasteiger partial charge in [0.05, 0.1) is 14.7 Å². The Hall–Kier alpha value is -2.19. The van der Waals surface area contributed by atoms with E-state index in [-0.39, 0.29) is 30.2 Å². The van der Waals surface area contributed by atoms with Crippen molar-refractivity contribution in [2.75, 3.05) is 24.5 Å². The van der Waals surface area contributed by atoms with E-state index in [1.807, 2.05) is 36.1 Å². The largest absolute Gasteiger partial charge is 0.346 e. The molecule has 6 nitrogen and oxygen atoms in total. The molecule has 2 fully saturated rings. The zero-order valence-corrected chi connectivity index (χ0v) is 20.1. The highest BCUT2D eigenvalue weighted by atomic mass is 79.9. The van der Waals surface area contributed by atoms with Gasteiger partial charge in [0.25, 0.3) is 11.8 Å². The maximum Gasteiger partial charge on any atom is 0.261 e. The topological polar surface area (TPSA) is 69.7 Å². The van der Waals surface area contributed by atoms with Crippen LogP contribution in [0.25, 0.3) is 0 Å². The van der Waals surface area contributed by atoms with Crippen LogP contribution in [-0.4, -0.2) is 48.3 Å². The van der Waals surface area contributed by atoms with Crippen LogP contribution in [-0.2, 0) is 4.79 Å². The Morgan fingerprint density at radius 3 is 2.55 bits per heavy atom. The maximum atomic E-state index is 12.9. The summed E-state index contributed by atoms with van der Waals surface area (Å²) in [7, 11) is 0. The number of anilines is 1. The van der Waals surface area contributed by atoms with E-state index in [1.54, 1.807) is 11.0 Å². The van der Waals surface area contributed by atoms with Gasteiger partial charge in [0.1, 0.15) is 0 Å². The second kappa shape index (κ2) is 9.12. The van der Waals surface area contributed by atoms with Crippen LogP contribution in [0.15, 0.2) is 34.1 Å². The SMILES string of the molecule is Cc1cc(N2CC(NC(=O)c3ccc(Br)s3)CC2=O)ccc1C(=O)N1CCC(C)CC1. The molecule has 0 saturated carbocycles. The number of hydrogen-bond acceptors (Lipinski definition) is 4. The van der Waals surface area contributed by atoms with E-state index >= 15 is 0 Å². The van der Waals surface area contributed by atoms with Crippen LogP contribution in [0.3, 0.4) is 0 Å². The van der Waals surface area contributed by atoms with Crippen LogP contribution >= 0.6 is 27.3 Å². The summed E-state index contributed by atoms with van der Waals surface area (Å²) in [6.45, 7) is 6.16. The van der Waals surface area contributed by atoms with Gasteiger partial charge in [-0.05, 0) is 77.5 Å². The predicted octanol–water partition coefficient (Wildman–Crippen LogP) is 4.23. The summed E-state index contributed by atoms with van der Waals surface area (Å²) < 4.78 is 0.894. The normalized spacial score (nSPS) is 19.7. The van der Waals surface area contributed by atoms with Crippen LogP contribution in [0, 0.1) is 12.8 Å². The van der Waals surface area contributed by atoms with Crippen molar-refractivity contribution >= 4 is 50.7 Å². The Bertz CT molecular complexity index is 1010. The minimum atomic E-state index is -0.238. The van der Waals surface area contributed by atoms with Gasteiger partial charge in [-0.25, -0.2) is 0 Å². The number of benzene rings is 1. The molecule has 2 aliphatic heterocycles. The molecule has 2 saturated heterocycles. The fourth-order valence-corrected chi connectivity index (χ4v) is 5.47. The van der Waals surface area contributed by atoms with Crippen molar-refractivity contribution in [3.8, 4) is 0 Å². The second-order valence-electron chi connectivity index (χ2n) is 8.46. The third-order valence-corrected chi connectivity index (χ3v) is 7.70. The number of piperidine rings is 1. The highest BCUT2D eigenvalue weighted by molar-refractivity contribution is 9.11. The summed E-state index contributed by atoms with van der Waals surface area (Å²) in [6, 6.07) is 8.93. The van der Waals surface area contributed by atoms with E-state index in [4.69, 9.17) is 0 Å². The minimum Gasteiger partial charge on any atom is -0.346 e. The van der Waals surface area contributed by atoms with Crippen LogP contribution in [0.2, 0.25) is 0 Å². The van der Waals surface area contributed by atoms with E-state index < -0.39 is 0 Å². The van der Waals surface area contributed by atoms with Gasteiger partial charge < -0.3 is 15.1 Å². The molecular weight excluding hydrogens is 478 g/mol. The van der Waals surface area contributed by atoms with Gasteiger partial charge in [-0.15, -0.1) is 11.3 Å². The monoisotopic (exact) mass is 503 g/mol. The molecule has 3 heterocycles. The summed E-state index contributed by atoms with van der Waals surface area (Å²) in [6.07, 6.45) is 2.35. The first kappa shape index (κ1) is 22.0. The van der Waals surface area contributed by atoms with Gasteiger partial charge in [-0.2, -0.15) is 0 Å². The Balaban J connectivity index is 1.42. The van der Waals surface area contributed by atoms with E-state index in [2.05, 4.69) is 28.2 Å². The van der Waals surface area contributed by atoms with Gasteiger partial charge in [-0.3, -0.25) is 14.4 Å². The second-order valence-corrected chi connectivity index (χ2v) is 10.9. The molecule has 0 aliphatic carbocycles. The van der Waals surface area contributed by atoms with Crippen molar-refractivity contribution in [1.29, 1.82) is 0 Å². The van der Waals surface area contributed by atoms with Gasteiger partial charge >= 0.3 is 0 Å². The third kappa shape index (κ3) is 4.85. The number of halogens is 1. The van der Waals surface area contributed by atoms with E-state index in [0.29, 0.717) is 22.9 Å². The maximum absolute atomic E-state index is 12.9. The Morgan fingerprint density at radius 1 is 1.16 bits per heavy atom. The van der Waals surface area contributed by atoms with Crippen molar-refractivity contribution in [3.05, 3.63) is 50.1 Å². The lowest BCUT2D eigenvalue weighted by atomic mass is 9.98. The predicted molar refractivity (Wildman–Crippen MR) is 126 cm³/mol. The molecule has 1 aromatic heterocycles. The lowest BCUT2D eigenvalue weighted by Gasteiger charge is -2.31. The highest BCUT2D eigenvalue weighted by Gasteiger charge is 2.32. The fourth-order valence-electron chi connectivity index (χ4n) is 4.18. The summed E-state index contributed by atoms with van der Waals surface area (Å²) in [5.41, 5.74) is 2.32. The Kier molecular flexibility index (Phi) is 6.48. The van der Waals surface area contributed by atoms with Crippen molar-refractivity contribution in [3.63, 3.8) is 0 Å².